The largest absolute Gasteiger partial charge is 0.481 e. The highest BCUT2D eigenvalue weighted by Gasteiger charge is 2.64. The third-order valence-electron chi connectivity index (χ3n) is 8.97. The van der Waals surface area contributed by atoms with E-state index in [2.05, 4.69) is 19.9 Å². The monoisotopic (exact) mass is 416 g/mol. The number of ether oxygens (including phenoxy) is 1. The summed E-state index contributed by atoms with van der Waals surface area (Å²) in [6, 6.07) is 0. The van der Waals surface area contributed by atoms with Gasteiger partial charge in [0, 0.05) is 23.7 Å². The van der Waals surface area contributed by atoms with Crippen LogP contribution in [0.4, 0.5) is 0 Å². The summed E-state index contributed by atoms with van der Waals surface area (Å²) in [7, 11) is 1.40. The smallest absolute Gasteiger partial charge is 0.309 e. The predicted molar refractivity (Wildman–Crippen MR) is 109 cm³/mol. The van der Waals surface area contributed by atoms with Gasteiger partial charge in [-0.1, -0.05) is 31.1 Å². The van der Waals surface area contributed by atoms with Crippen LogP contribution in [0.1, 0.15) is 65.2 Å². The first-order chi connectivity index (χ1) is 14.1. The summed E-state index contributed by atoms with van der Waals surface area (Å²) in [6.07, 6.45) is 7.83. The molecule has 0 saturated heterocycles. The van der Waals surface area contributed by atoms with Crippen LogP contribution in [0, 0.1) is 28.6 Å². The van der Waals surface area contributed by atoms with Gasteiger partial charge in [-0.3, -0.25) is 14.4 Å². The van der Waals surface area contributed by atoms with Gasteiger partial charge in [-0.25, -0.2) is 0 Å². The number of aliphatic hydroxyl groups is 1. The topological polar surface area (TPSA) is 101 Å². The van der Waals surface area contributed by atoms with E-state index < -0.39 is 17.0 Å². The van der Waals surface area contributed by atoms with Crippen molar-refractivity contribution in [2.45, 2.75) is 70.8 Å². The summed E-state index contributed by atoms with van der Waals surface area (Å²) in [4.78, 5) is 36.1. The molecule has 2 saturated carbocycles. The van der Waals surface area contributed by atoms with Crippen LogP contribution in [-0.4, -0.2) is 40.6 Å². The van der Waals surface area contributed by atoms with E-state index in [0.717, 1.165) is 18.4 Å². The zero-order valence-electron chi connectivity index (χ0n) is 18.1. The minimum atomic E-state index is -1.06. The van der Waals surface area contributed by atoms with Gasteiger partial charge in [0.05, 0.1) is 18.6 Å². The molecular weight excluding hydrogens is 384 g/mol. The van der Waals surface area contributed by atoms with Crippen LogP contribution in [0.15, 0.2) is 23.3 Å². The molecule has 0 amide bonds. The second-order valence-electron chi connectivity index (χ2n) is 10.2. The lowest BCUT2D eigenvalue weighted by molar-refractivity contribution is -0.152. The molecule has 2 fully saturated rings. The van der Waals surface area contributed by atoms with Gasteiger partial charge in [-0.2, -0.15) is 0 Å². The van der Waals surface area contributed by atoms with E-state index in [9.17, 15) is 19.5 Å². The molecule has 4 aliphatic carbocycles. The van der Waals surface area contributed by atoms with Crippen LogP contribution in [0.25, 0.3) is 0 Å². The highest BCUT2D eigenvalue weighted by molar-refractivity contribution is 5.92. The Kier molecular flexibility index (Phi) is 5.00. The number of carboxylic acids is 1. The number of hydrogen-bond acceptors (Lipinski definition) is 5. The van der Waals surface area contributed by atoms with E-state index in [1.807, 2.05) is 0 Å². The van der Waals surface area contributed by atoms with Gasteiger partial charge in [0.1, 0.15) is 0 Å². The molecule has 164 valence electrons. The Labute approximate surface area is 177 Å². The van der Waals surface area contributed by atoms with E-state index in [1.54, 1.807) is 6.08 Å². The van der Waals surface area contributed by atoms with Crippen molar-refractivity contribution in [1.29, 1.82) is 0 Å². The molecule has 0 aliphatic heterocycles. The summed E-state index contributed by atoms with van der Waals surface area (Å²) in [5.74, 6) is -1.40. The molecule has 30 heavy (non-hydrogen) atoms. The lowest BCUT2D eigenvalue weighted by Crippen LogP contribution is -2.54. The van der Waals surface area contributed by atoms with E-state index in [4.69, 9.17) is 9.84 Å². The van der Waals surface area contributed by atoms with E-state index >= 15 is 0 Å². The highest BCUT2D eigenvalue weighted by atomic mass is 16.5. The molecule has 0 spiro atoms. The molecule has 2 N–H and O–H groups in total. The average Bonchev–Trinajstić information content (AvgIpc) is 2.97. The molecule has 4 aliphatic rings. The molecule has 0 radical (unpaired) electrons. The molecule has 6 nitrogen and oxygen atoms in total. The third-order valence-corrected chi connectivity index (χ3v) is 8.97. The van der Waals surface area contributed by atoms with Gasteiger partial charge in [-0.15, -0.1) is 0 Å². The molecule has 0 aromatic carbocycles. The number of aliphatic carboxylic acids is 1. The zero-order valence-corrected chi connectivity index (χ0v) is 18.1. The summed E-state index contributed by atoms with van der Waals surface area (Å²) in [5, 5.41) is 20.7. The van der Waals surface area contributed by atoms with Crippen molar-refractivity contribution in [3.05, 3.63) is 23.3 Å². The normalized spacial score (nSPS) is 42.4. The molecule has 6 heteroatoms. The van der Waals surface area contributed by atoms with Crippen LogP contribution >= 0.6 is 0 Å². The molecule has 4 rings (SSSR count). The van der Waals surface area contributed by atoms with Crippen LogP contribution in [0.2, 0.25) is 0 Å². The molecule has 0 heterocycles. The van der Waals surface area contributed by atoms with Gasteiger partial charge in [0.15, 0.2) is 5.78 Å². The van der Waals surface area contributed by atoms with E-state index in [-0.39, 0.29) is 47.8 Å². The Morgan fingerprint density at radius 2 is 2.00 bits per heavy atom. The van der Waals surface area contributed by atoms with Crippen LogP contribution < -0.4 is 0 Å². The van der Waals surface area contributed by atoms with Gasteiger partial charge in [0.25, 0.3) is 0 Å². The Morgan fingerprint density at radius 3 is 2.67 bits per heavy atom. The number of fused-ring (bicyclic) bond motifs is 5. The van der Waals surface area contributed by atoms with Crippen molar-refractivity contribution in [3.63, 3.8) is 0 Å². The van der Waals surface area contributed by atoms with Crippen molar-refractivity contribution in [3.8, 4) is 0 Å². The average molecular weight is 417 g/mol. The first-order valence-corrected chi connectivity index (χ1v) is 11.0. The second kappa shape index (κ2) is 7.04. The molecule has 0 aromatic heterocycles. The molecule has 0 aromatic rings. The van der Waals surface area contributed by atoms with Gasteiger partial charge < -0.3 is 14.9 Å². The quantitative estimate of drug-likeness (QED) is 0.538. The van der Waals surface area contributed by atoms with Crippen LogP contribution in [0.3, 0.4) is 0 Å². The summed E-state index contributed by atoms with van der Waals surface area (Å²) in [6.45, 7) is 4.25. The van der Waals surface area contributed by atoms with E-state index in [0.29, 0.717) is 25.7 Å². The summed E-state index contributed by atoms with van der Waals surface area (Å²) in [5.41, 5.74) is 0.474. The number of esters is 1. The van der Waals surface area contributed by atoms with Gasteiger partial charge in [-0.05, 0) is 56.4 Å². The molecular formula is C24H32O6. The maximum Gasteiger partial charge on any atom is 0.309 e. The lowest BCUT2D eigenvalue weighted by atomic mass is 9.48. The summed E-state index contributed by atoms with van der Waals surface area (Å²) < 4.78 is 5.17. The number of carbonyl (C=O) groups is 3. The second-order valence-corrected chi connectivity index (χ2v) is 10.2. The fraction of sp³-hybridized carbons (Fsp3) is 0.708. The number of ketones is 1. The van der Waals surface area contributed by atoms with Crippen molar-refractivity contribution < 1.29 is 29.3 Å². The third kappa shape index (κ3) is 2.90. The summed E-state index contributed by atoms with van der Waals surface area (Å²) >= 11 is 0. The van der Waals surface area contributed by atoms with Crippen molar-refractivity contribution in [2.24, 2.45) is 28.6 Å². The maximum atomic E-state index is 12.8. The number of hydrogen-bond donors (Lipinski definition) is 2. The van der Waals surface area contributed by atoms with Gasteiger partial charge in [0.2, 0.25) is 0 Å². The Balaban J connectivity index is 1.79. The van der Waals surface area contributed by atoms with Gasteiger partial charge >= 0.3 is 11.9 Å². The van der Waals surface area contributed by atoms with E-state index in [1.165, 1.54) is 12.7 Å². The van der Waals surface area contributed by atoms with Crippen molar-refractivity contribution >= 4 is 17.7 Å². The first-order valence-electron chi connectivity index (χ1n) is 11.0. The first kappa shape index (κ1) is 21.3. The maximum absolute atomic E-state index is 12.8. The minimum Gasteiger partial charge on any atom is -0.481 e. The predicted octanol–water partition coefficient (Wildman–Crippen LogP) is 3.43. The SMILES string of the molecule is COC(=O)C1CC2=CC(=O)CC[C@]2(C)C2=CC[C@@]3(C)[C@@H](CC[C@@]3(O)CCC(=O)O)[C@@H]21. The Hall–Kier alpha value is -1.95. The minimum absolute atomic E-state index is 0.0506. The molecule has 1 unspecified atom stereocenters. The fourth-order valence-electron chi connectivity index (χ4n) is 7.07. The zero-order chi connectivity index (χ0) is 21.9. The molecule has 6 atom stereocenters. The van der Waals surface area contributed by atoms with Crippen molar-refractivity contribution in [1.82, 2.24) is 0 Å². The van der Waals surface area contributed by atoms with Crippen molar-refractivity contribution in [2.75, 3.05) is 7.11 Å². The number of carbonyl (C=O) groups excluding carboxylic acids is 2. The number of carboxylic acid groups (broad SMARTS) is 1. The number of methoxy groups -OCH3 is 1. The standard InChI is InChI=1S/C24H32O6/c1-22-8-4-15(25)12-14(22)13-16(21(28)30-3)20-17(22)5-9-23(2)18(20)6-10-24(23,29)11-7-19(26)27/h5,12,16,18,20,29H,4,6-11,13H2,1-3H3,(H,26,27)/t16?,18-,20+,22-,23-,24+/m0/s1. The molecule has 0 bridgehead atoms. The highest BCUT2D eigenvalue weighted by Crippen LogP contribution is 2.67. The fourth-order valence-corrected chi connectivity index (χ4v) is 7.07. The van der Waals surface area contributed by atoms with Crippen LogP contribution in [-0.2, 0) is 19.1 Å². The Bertz CT molecular complexity index is 856. The lowest BCUT2D eigenvalue weighted by Gasteiger charge is -2.56. The van der Waals surface area contributed by atoms with Crippen LogP contribution in [0.5, 0.6) is 0 Å². The number of rotatable bonds is 4. The number of allylic oxidation sites excluding steroid dienone is 4. The Morgan fingerprint density at radius 1 is 1.27 bits per heavy atom.